The number of carbonyl (C=O) groups excluding carboxylic acids is 1. The van der Waals surface area contributed by atoms with Crippen molar-refractivity contribution >= 4 is 34.9 Å². The zero-order valence-electron chi connectivity index (χ0n) is 12.2. The number of carbonyl (C=O) groups is 1. The lowest BCUT2D eigenvalue weighted by molar-refractivity contribution is 0.234. The Bertz CT molecular complexity index is 670. The maximum atomic E-state index is 11.8. The van der Waals surface area contributed by atoms with E-state index >= 15 is 0 Å². The van der Waals surface area contributed by atoms with Crippen molar-refractivity contribution < 1.29 is 9.53 Å². The smallest absolute Gasteiger partial charge is 0.321 e. The van der Waals surface area contributed by atoms with Gasteiger partial charge < -0.3 is 15.4 Å². The minimum absolute atomic E-state index is 0.0381. The van der Waals surface area contributed by atoms with Gasteiger partial charge in [0.05, 0.1) is 15.7 Å². The molecule has 0 bridgehead atoms. The van der Waals surface area contributed by atoms with Crippen LogP contribution in [0.5, 0.6) is 5.75 Å². The van der Waals surface area contributed by atoms with Crippen molar-refractivity contribution in [3.05, 3.63) is 57.6 Å². The second-order valence-electron chi connectivity index (χ2n) is 4.76. The summed E-state index contributed by atoms with van der Waals surface area (Å²) >= 11 is 12.0. The van der Waals surface area contributed by atoms with Crippen LogP contribution in [-0.2, 0) is 0 Å². The first kappa shape index (κ1) is 16.5. The van der Waals surface area contributed by atoms with Crippen molar-refractivity contribution in [1.82, 2.24) is 5.32 Å². The number of hydrogen-bond donors (Lipinski definition) is 2. The predicted octanol–water partition coefficient (Wildman–Crippen LogP) is 4.77. The maximum absolute atomic E-state index is 11.8. The Kier molecular flexibility index (Phi) is 5.52. The second-order valence-corrected chi connectivity index (χ2v) is 5.58. The Hall–Kier alpha value is -1.91. The molecule has 0 saturated heterocycles. The van der Waals surface area contributed by atoms with Gasteiger partial charge in [-0.2, -0.15) is 0 Å². The summed E-state index contributed by atoms with van der Waals surface area (Å²) in [6.07, 6.45) is 0. The van der Waals surface area contributed by atoms with Crippen LogP contribution in [-0.4, -0.2) is 12.8 Å². The van der Waals surface area contributed by atoms with Crippen LogP contribution in [0.15, 0.2) is 36.4 Å². The highest BCUT2D eigenvalue weighted by atomic mass is 35.5. The number of halogens is 2. The zero-order valence-corrected chi connectivity index (χ0v) is 13.8. The number of hydrogen-bond acceptors (Lipinski definition) is 2. The molecular weight excluding hydrogens is 323 g/mol. The molecule has 0 radical (unpaired) electrons. The first-order chi connectivity index (χ1) is 10.5. The van der Waals surface area contributed by atoms with E-state index in [1.807, 2.05) is 32.0 Å². The van der Waals surface area contributed by atoms with Crippen molar-refractivity contribution in [1.29, 1.82) is 0 Å². The molecule has 0 aromatic heterocycles. The number of anilines is 1. The van der Waals surface area contributed by atoms with Crippen LogP contribution >= 0.6 is 23.2 Å². The summed E-state index contributed by atoms with van der Waals surface area (Å²) < 4.78 is 5.47. The molecule has 0 heterocycles. The summed E-state index contributed by atoms with van der Waals surface area (Å²) in [5, 5.41) is 5.92. The quantitative estimate of drug-likeness (QED) is 0.789. The summed E-state index contributed by atoms with van der Waals surface area (Å²) in [5.41, 5.74) is 2.69. The van der Waals surface area contributed by atoms with E-state index in [1.165, 1.54) is 5.56 Å². The highest BCUT2D eigenvalue weighted by molar-refractivity contribution is 6.39. The fraction of sp³-hybridized carbons (Fsp3) is 0.188. The fourth-order valence-corrected chi connectivity index (χ4v) is 2.26. The van der Waals surface area contributed by atoms with Gasteiger partial charge in [-0.1, -0.05) is 35.3 Å². The summed E-state index contributed by atoms with van der Waals surface area (Å²) in [5.74, 6) is 0.694. The van der Waals surface area contributed by atoms with Crippen LogP contribution < -0.4 is 15.4 Å². The van der Waals surface area contributed by atoms with Crippen LogP contribution in [0.3, 0.4) is 0 Å². The van der Waals surface area contributed by atoms with E-state index in [1.54, 1.807) is 18.2 Å². The molecule has 2 N–H and O–H groups in total. The average Bonchev–Trinajstić information content (AvgIpc) is 2.47. The van der Waals surface area contributed by atoms with Crippen LogP contribution in [0.2, 0.25) is 10.0 Å². The number of ether oxygens (including phenoxy) is 1. The largest absolute Gasteiger partial charge is 0.473 e. The number of amides is 2. The molecule has 2 amide bonds. The Balaban J connectivity index is 1.86. The third-order valence-corrected chi connectivity index (χ3v) is 3.78. The minimum Gasteiger partial charge on any atom is -0.473 e. The molecule has 2 rings (SSSR count). The molecule has 0 aliphatic carbocycles. The van der Waals surface area contributed by atoms with Crippen LogP contribution in [0, 0.1) is 13.8 Å². The monoisotopic (exact) mass is 338 g/mol. The molecule has 0 aliphatic rings. The molecule has 116 valence electrons. The summed E-state index contributed by atoms with van der Waals surface area (Å²) in [7, 11) is 0. The van der Waals surface area contributed by atoms with Crippen molar-refractivity contribution in [3.63, 3.8) is 0 Å². The normalized spacial score (nSPS) is 10.2. The van der Waals surface area contributed by atoms with Gasteiger partial charge in [0, 0.05) is 0 Å². The third kappa shape index (κ3) is 4.29. The molecular formula is C16H16Cl2N2O2. The van der Waals surface area contributed by atoms with Gasteiger partial charge >= 0.3 is 6.03 Å². The highest BCUT2D eigenvalue weighted by Gasteiger charge is 2.09. The van der Waals surface area contributed by atoms with Crippen LogP contribution in [0.1, 0.15) is 11.1 Å². The zero-order chi connectivity index (χ0) is 16.1. The van der Waals surface area contributed by atoms with Crippen LogP contribution in [0.4, 0.5) is 10.5 Å². The van der Waals surface area contributed by atoms with E-state index in [9.17, 15) is 4.79 Å². The third-order valence-electron chi connectivity index (χ3n) is 3.15. The fourth-order valence-electron chi connectivity index (χ4n) is 1.76. The van der Waals surface area contributed by atoms with E-state index < -0.39 is 6.03 Å². The van der Waals surface area contributed by atoms with Gasteiger partial charge in [0.1, 0.15) is 5.75 Å². The van der Waals surface area contributed by atoms with Crippen molar-refractivity contribution in [3.8, 4) is 5.75 Å². The first-order valence-corrected chi connectivity index (χ1v) is 7.42. The van der Waals surface area contributed by atoms with Gasteiger partial charge in [-0.15, -0.1) is 0 Å². The molecule has 0 spiro atoms. The maximum Gasteiger partial charge on any atom is 0.321 e. The van der Waals surface area contributed by atoms with Crippen molar-refractivity contribution in [2.24, 2.45) is 0 Å². The molecule has 0 atom stereocenters. The molecule has 4 nitrogen and oxygen atoms in total. The van der Waals surface area contributed by atoms with E-state index in [0.29, 0.717) is 21.5 Å². The number of nitrogens with one attached hydrogen (secondary N) is 2. The summed E-state index contributed by atoms with van der Waals surface area (Å²) in [6.45, 7) is 4.07. The van der Waals surface area contributed by atoms with Crippen molar-refractivity contribution in [2.45, 2.75) is 13.8 Å². The summed E-state index contributed by atoms with van der Waals surface area (Å²) in [6, 6.07) is 10.3. The SMILES string of the molecule is Cc1ccc(OCNC(=O)Nc2c(Cl)cccc2Cl)cc1C. The molecule has 2 aromatic carbocycles. The van der Waals surface area contributed by atoms with E-state index in [2.05, 4.69) is 10.6 Å². The number of benzene rings is 2. The Morgan fingerprint density at radius 3 is 2.41 bits per heavy atom. The Labute approximate surface area is 139 Å². The lowest BCUT2D eigenvalue weighted by Gasteiger charge is -2.12. The molecule has 0 saturated carbocycles. The highest BCUT2D eigenvalue weighted by Crippen LogP contribution is 2.29. The van der Waals surface area contributed by atoms with E-state index in [-0.39, 0.29) is 6.73 Å². The number of rotatable bonds is 4. The lowest BCUT2D eigenvalue weighted by atomic mass is 10.1. The van der Waals surface area contributed by atoms with Gasteiger partial charge in [-0.05, 0) is 49.2 Å². The standard InChI is InChI=1S/C16H16Cl2N2O2/c1-10-6-7-12(8-11(10)2)22-9-19-16(21)20-15-13(17)4-3-5-14(15)18/h3-8H,9H2,1-2H3,(H2,19,20,21). The Morgan fingerprint density at radius 1 is 1.09 bits per heavy atom. The number of urea groups is 1. The first-order valence-electron chi connectivity index (χ1n) is 6.66. The van der Waals surface area contributed by atoms with E-state index in [0.717, 1.165) is 5.56 Å². The van der Waals surface area contributed by atoms with Crippen molar-refractivity contribution in [2.75, 3.05) is 12.0 Å². The summed E-state index contributed by atoms with van der Waals surface area (Å²) in [4.78, 5) is 11.8. The van der Waals surface area contributed by atoms with Gasteiger partial charge in [0.15, 0.2) is 6.73 Å². The molecule has 0 aliphatic heterocycles. The lowest BCUT2D eigenvalue weighted by Crippen LogP contribution is -2.32. The minimum atomic E-state index is -0.446. The van der Waals surface area contributed by atoms with Gasteiger partial charge in [-0.25, -0.2) is 4.79 Å². The Morgan fingerprint density at radius 2 is 1.77 bits per heavy atom. The molecule has 2 aromatic rings. The molecule has 22 heavy (non-hydrogen) atoms. The van der Waals surface area contributed by atoms with Gasteiger partial charge in [0.25, 0.3) is 0 Å². The van der Waals surface area contributed by atoms with E-state index in [4.69, 9.17) is 27.9 Å². The average molecular weight is 339 g/mol. The topological polar surface area (TPSA) is 50.4 Å². The van der Waals surface area contributed by atoms with Crippen LogP contribution in [0.25, 0.3) is 0 Å². The molecule has 6 heteroatoms. The second kappa shape index (κ2) is 7.38. The van der Waals surface area contributed by atoms with Gasteiger partial charge in [0.2, 0.25) is 0 Å². The predicted molar refractivity (Wildman–Crippen MR) is 90.0 cm³/mol. The molecule has 0 fully saturated rings. The van der Waals surface area contributed by atoms with Gasteiger partial charge in [-0.3, -0.25) is 0 Å². The molecule has 0 unspecified atom stereocenters. The number of para-hydroxylation sites is 1. The number of aryl methyl sites for hydroxylation is 2.